The predicted octanol–water partition coefficient (Wildman–Crippen LogP) is 2.18. The van der Waals surface area contributed by atoms with E-state index in [1.165, 1.54) is 6.42 Å². The summed E-state index contributed by atoms with van der Waals surface area (Å²) in [6, 6.07) is 0. The van der Waals surface area contributed by atoms with Gasteiger partial charge in [-0.15, -0.1) is 0 Å². The minimum Gasteiger partial charge on any atom is -0.298 e. The number of hydrogen-bond donors (Lipinski definition) is 0. The number of ketones is 1. The van der Waals surface area contributed by atoms with Crippen molar-refractivity contribution in [1.29, 1.82) is 0 Å². The van der Waals surface area contributed by atoms with E-state index in [1.54, 1.807) is 0 Å². The molecule has 0 heterocycles. The van der Waals surface area contributed by atoms with Crippen LogP contribution in [0.5, 0.6) is 0 Å². The maximum Gasteiger partial charge on any atom is 0.145 e. The van der Waals surface area contributed by atoms with Gasteiger partial charge in [0.15, 0.2) is 0 Å². The summed E-state index contributed by atoms with van der Waals surface area (Å²) in [5.74, 6) is 1.28. The van der Waals surface area contributed by atoms with E-state index in [9.17, 15) is 4.79 Å². The van der Waals surface area contributed by atoms with Crippen LogP contribution in [0.3, 0.4) is 0 Å². The van der Waals surface area contributed by atoms with Gasteiger partial charge in [-0.05, 0) is 25.7 Å². The molecule has 1 fully saturated rings. The highest BCUT2D eigenvalue weighted by Crippen LogP contribution is 2.45. The van der Waals surface area contributed by atoms with Crippen molar-refractivity contribution in [2.75, 3.05) is 0 Å². The first kappa shape index (κ1) is 7.08. The minimum atomic E-state index is -0.103. The molecule has 0 saturated heterocycles. The van der Waals surface area contributed by atoms with E-state index < -0.39 is 0 Å². The lowest BCUT2D eigenvalue weighted by atomic mass is 9.61. The first-order valence-corrected chi connectivity index (χ1v) is 4.37. The molecule has 2 bridgehead atoms. The fourth-order valence-electron chi connectivity index (χ4n) is 2.32. The van der Waals surface area contributed by atoms with Crippen LogP contribution in [0.2, 0.25) is 0 Å². The van der Waals surface area contributed by atoms with Crippen LogP contribution in [0.25, 0.3) is 0 Å². The number of carbonyl (C=O) groups is 1. The molecular formula is C10H14O. The summed E-state index contributed by atoms with van der Waals surface area (Å²) in [4.78, 5) is 11.7. The van der Waals surface area contributed by atoms with Crippen molar-refractivity contribution in [1.82, 2.24) is 0 Å². The highest BCUT2D eigenvalue weighted by Gasteiger charge is 2.44. The largest absolute Gasteiger partial charge is 0.298 e. The number of fused-ring (bicyclic) bond motifs is 2. The van der Waals surface area contributed by atoms with Crippen molar-refractivity contribution in [3.8, 4) is 0 Å². The third-order valence-electron chi connectivity index (χ3n) is 3.33. The topological polar surface area (TPSA) is 17.1 Å². The Labute approximate surface area is 67.5 Å². The van der Waals surface area contributed by atoms with Gasteiger partial charge in [-0.25, -0.2) is 0 Å². The zero-order valence-corrected chi connectivity index (χ0v) is 7.13. The molecule has 3 aliphatic rings. The van der Waals surface area contributed by atoms with Crippen LogP contribution >= 0.6 is 0 Å². The van der Waals surface area contributed by atoms with Crippen molar-refractivity contribution < 1.29 is 4.79 Å². The lowest BCUT2D eigenvalue weighted by Gasteiger charge is -2.41. The summed E-state index contributed by atoms with van der Waals surface area (Å²) in [7, 11) is 0. The Hall–Kier alpha value is -0.590. The van der Waals surface area contributed by atoms with E-state index in [0.29, 0.717) is 11.7 Å². The maximum absolute atomic E-state index is 11.7. The molecule has 1 nitrogen and oxygen atoms in total. The van der Waals surface area contributed by atoms with Gasteiger partial charge in [0, 0.05) is 11.3 Å². The quantitative estimate of drug-likeness (QED) is 0.484. The fourth-order valence-corrected chi connectivity index (χ4v) is 2.32. The van der Waals surface area contributed by atoms with Crippen LogP contribution in [0.1, 0.15) is 26.7 Å². The molecule has 0 radical (unpaired) electrons. The van der Waals surface area contributed by atoms with Gasteiger partial charge in [-0.1, -0.05) is 19.1 Å². The molecule has 1 heteroatoms. The molecular weight excluding hydrogens is 136 g/mol. The van der Waals surface area contributed by atoms with Gasteiger partial charge in [-0.2, -0.15) is 0 Å². The van der Waals surface area contributed by atoms with Crippen LogP contribution in [-0.4, -0.2) is 5.78 Å². The molecule has 3 atom stereocenters. The summed E-state index contributed by atoms with van der Waals surface area (Å²) < 4.78 is 0. The molecule has 3 rings (SSSR count). The molecule has 0 unspecified atom stereocenters. The summed E-state index contributed by atoms with van der Waals surface area (Å²) >= 11 is 0. The average molecular weight is 150 g/mol. The SMILES string of the molecule is C[C@H]1C(=O)[C@]2(C)C=C[C@H]1CC2. The summed E-state index contributed by atoms with van der Waals surface area (Å²) in [5, 5.41) is 0. The van der Waals surface area contributed by atoms with E-state index in [-0.39, 0.29) is 11.3 Å². The third kappa shape index (κ3) is 0.800. The fraction of sp³-hybridized carbons (Fsp3) is 0.700. The Morgan fingerprint density at radius 3 is 2.73 bits per heavy atom. The van der Waals surface area contributed by atoms with Crippen LogP contribution in [0, 0.1) is 17.3 Å². The molecule has 3 aliphatic carbocycles. The number of rotatable bonds is 0. The van der Waals surface area contributed by atoms with Crippen LogP contribution in [-0.2, 0) is 4.79 Å². The van der Waals surface area contributed by atoms with Crippen LogP contribution in [0.4, 0.5) is 0 Å². The third-order valence-corrected chi connectivity index (χ3v) is 3.33. The molecule has 11 heavy (non-hydrogen) atoms. The maximum atomic E-state index is 11.7. The van der Waals surface area contributed by atoms with Gasteiger partial charge in [-0.3, -0.25) is 4.79 Å². The molecule has 0 aromatic rings. The van der Waals surface area contributed by atoms with E-state index in [4.69, 9.17) is 0 Å². The molecule has 60 valence electrons. The van der Waals surface area contributed by atoms with E-state index in [1.807, 2.05) is 0 Å². The monoisotopic (exact) mass is 150 g/mol. The van der Waals surface area contributed by atoms with E-state index in [0.717, 1.165) is 6.42 Å². The summed E-state index contributed by atoms with van der Waals surface area (Å²) in [5.41, 5.74) is -0.103. The predicted molar refractivity (Wildman–Crippen MR) is 44.1 cm³/mol. The van der Waals surface area contributed by atoms with Crippen molar-refractivity contribution in [3.05, 3.63) is 12.2 Å². The molecule has 0 spiro atoms. The Morgan fingerprint density at radius 2 is 2.36 bits per heavy atom. The van der Waals surface area contributed by atoms with E-state index in [2.05, 4.69) is 26.0 Å². The first-order chi connectivity index (χ1) is 5.13. The normalized spacial score (nSPS) is 48.4. The molecule has 0 aromatic carbocycles. The Bertz CT molecular complexity index is 229. The van der Waals surface area contributed by atoms with Gasteiger partial charge in [0.2, 0.25) is 0 Å². The molecule has 0 N–H and O–H groups in total. The molecule has 0 aromatic heterocycles. The standard InChI is InChI=1S/C10H14O/c1-7-8-3-5-10(2,6-4-8)9(7)11/h3,5,7-8H,4,6H2,1-2H3/t7-,8+,10-/m1/s1. The van der Waals surface area contributed by atoms with Crippen LogP contribution in [0.15, 0.2) is 12.2 Å². The van der Waals surface area contributed by atoms with Gasteiger partial charge in [0.25, 0.3) is 0 Å². The number of carbonyl (C=O) groups excluding carboxylic acids is 1. The highest BCUT2D eigenvalue weighted by atomic mass is 16.1. The zero-order chi connectivity index (χ0) is 8.06. The lowest BCUT2D eigenvalue weighted by molar-refractivity contribution is -0.134. The van der Waals surface area contributed by atoms with Crippen molar-refractivity contribution >= 4 is 5.78 Å². The molecule has 0 aliphatic heterocycles. The van der Waals surface area contributed by atoms with Gasteiger partial charge in [0.05, 0.1) is 0 Å². The smallest absolute Gasteiger partial charge is 0.145 e. The average Bonchev–Trinajstić information content (AvgIpc) is 2.01. The Balaban J connectivity index is 2.43. The molecule has 1 saturated carbocycles. The number of hydrogen-bond acceptors (Lipinski definition) is 1. The van der Waals surface area contributed by atoms with Crippen molar-refractivity contribution in [2.24, 2.45) is 17.3 Å². The summed E-state index contributed by atoms with van der Waals surface area (Å²) in [6.45, 7) is 4.13. The Morgan fingerprint density at radius 1 is 1.64 bits per heavy atom. The number of allylic oxidation sites excluding steroid dienone is 2. The Kier molecular flexibility index (Phi) is 1.26. The van der Waals surface area contributed by atoms with E-state index >= 15 is 0 Å². The zero-order valence-electron chi connectivity index (χ0n) is 7.13. The summed E-state index contributed by atoms with van der Waals surface area (Å²) in [6.07, 6.45) is 6.62. The second-order valence-electron chi connectivity index (χ2n) is 4.13. The number of Topliss-reactive ketones (excluding diaryl/α,β-unsaturated/α-hetero) is 1. The second kappa shape index (κ2) is 1.96. The lowest BCUT2D eigenvalue weighted by Crippen LogP contribution is -2.42. The second-order valence-corrected chi connectivity index (χ2v) is 4.13. The van der Waals surface area contributed by atoms with Crippen LogP contribution < -0.4 is 0 Å². The first-order valence-electron chi connectivity index (χ1n) is 4.37. The highest BCUT2D eigenvalue weighted by molar-refractivity contribution is 5.90. The van der Waals surface area contributed by atoms with Crippen molar-refractivity contribution in [2.45, 2.75) is 26.7 Å². The van der Waals surface area contributed by atoms with Gasteiger partial charge >= 0.3 is 0 Å². The van der Waals surface area contributed by atoms with Gasteiger partial charge in [0.1, 0.15) is 5.78 Å². The van der Waals surface area contributed by atoms with Crippen molar-refractivity contribution in [3.63, 3.8) is 0 Å². The van der Waals surface area contributed by atoms with Gasteiger partial charge < -0.3 is 0 Å². The molecule has 0 amide bonds. The minimum absolute atomic E-state index is 0.103.